The van der Waals surface area contributed by atoms with Gasteiger partial charge in [0.15, 0.2) is 5.96 Å². The van der Waals surface area contributed by atoms with E-state index in [9.17, 15) is 8.42 Å². The molecule has 2 aromatic rings. The van der Waals surface area contributed by atoms with E-state index in [0.717, 1.165) is 49.6 Å². The van der Waals surface area contributed by atoms with Gasteiger partial charge >= 0.3 is 0 Å². The number of piperidine rings is 1. The predicted molar refractivity (Wildman–Crippen MR) is 130 cm³/mol. The third-order valence-corrected chi connectivity index (χ3v) is 5.88. The Labute approximate surface area is 195 Å². The molecule has 0 amide bonds. The number of aliphatic imine (C=N–C) groups is 1. The first-order valence-corrected chi connectivity index (χ1v) is 11.3. The summed E-state index contributed by atoms with van der Waals surface area (Å²) in [5.74, 6) is 1.80. The lowest BCUT2D eigenvalue weighted by Crippen LogP contribution is -2.47. The summed E-state index contributed by atoms with van der Waals surface area (Å²) in [7, 11) is -1.86. The molecule has 1 saturated heterocycles. The highest BCUT2D eigenvalue weighted by Gasteiger charge is 2.22. The first-order valence-electron chi connectivity index (χ1n) is 9.75. The van der Waals surface area contributed by atoms with Gasteiger partial charge in [-0.15, -0.1) is 24.0 Å². The van der Waals surface area contributed by atoms with E-state index in [1.54, 1.807) is 19.2 Å². The van der Waals surface area contributed by atoms with Gasteiger partial charge in [-0.2, -0.15) is 0 Å². The molecule has 1 aliphatic rings. The summed E-state index contributed by atoms with van der Waals surface area (Å²) < 4.78 is 28.7. The van der Waals surface area contributed by atoms with Crippen molar-refractivity contribution < 1.29 is 13.2 Å². The van der Waals surface area contributed by atoms with Crippen molar-refractivity contribution in [3.8, 4) is 5.75 Å². The Kier molecular flexibility index (Phi) is 9.37. The molecule has 9 heteroatoms. The van der Waals surface area contributed by atoms with Gasteiger partial charge in [-0.3, -0.25) is 4.99 Å². The summed E-state index contributed by atoms with van der Waals surface area (Å²) in [4.78, 5) is 6.77. The second-order valence-corrected chi connectivity index (χ2v) is 8.59. The molecule has 3 N–H and O–H groups in total. The third-order valence-electron chi connectivity index (χ3n) is 4.95. The molecule has 0 aromatic heterocycles. The van der Waals surface area contributed by atoms with Crippen molar-refractivity contribution in [3.05, 3.63) is 60.2 Å². The number of rotatable bonds is 6. The fourth-order valence-corrected chi connectivity index (χ4v) is 3.89. The van der Waals surface area contributed by atoms with Crippen molar-refractivity contribution in [2.24, 2.45) is 10.1 Å². The summed E-state index contributed by atoms with van der Waals surface area (Å²) in [6.07, 6.45) is 2.89. The van der Waals surface area contributed by atoms with E-state index in [-0.39, 0.29) is 35.0 Å². The number of hydrogen-bond donors (Lipinski definition) is 2. The molecule has 0 aliphatic carbocycles. The largest absolute Gasteiger partial charge is 0.490 e. The van der Waals surface area contributed by atoms with Gasteiger partial charge in [-0.25, -0.2) is 13.6 Å². The van der Waals surface area contributed by atoms with Crippen LogP contribution in [0.15, 0.2) is 64.5 Å². The average molecular weight is 544 g/mol. The summed E-state index contributed by atoms with van der Waals surface area (Å²) in [6.45, 7) is 2.49. The maximum atomic E-state index is 11.3. The van der Waals surface area contributed by atoms with E-state index >= 15 is 0 Å². The van der Waals surface area contributed by atoms with Gasteiger partial charge < -0.3 is 15.0 Å². The molecule has 1 heterocycles. The minimum Gasteiger partial charge on any atom is -0.490 e. The van der Waals surface area contributed by atoms with Gasteiger partial charge in [0.25, 0.3) is 0 Å². The first kappa shape index (κ1) is 24.4. The predicted octanol–water partition coefficient (Wildman–Crippen LogP) is 2.61. The number of likely N-dealkylation sites (tertiary alicyclic amines) is 1. The van der Waals surface area contributed by atoms with Gasteiger partial charge in [-0.1, -0.05) is 30.3 Å². The quantitative estimate of drug-likeness (QED) is 0.331. The third kappa shape index (κ3) is 7.13. The topological polar surface area (TPSA) is 97.0 Å². The number of sulfonamides is 1. The number of halogens is 1. The molecule has 0 spiro atoms. The fourth-order valence-electron chi connectivity index (χ4n) is 3.37. The van der Waals surface area contributed by atoms with Crippen LogP contribution in [0, 0.1) is 0 Å². The monoisotopic (exact) mass is 544 g/mol. The molecular weight excluding hydrogens is 515 g/mol. The van der Waals surface area contributed by atoms with Crippen LogP contribution in [0.25, 0.3) is 0 Å². The summed E-state index contributed by atoms with van der Waals surface area (Å²) in [5, 5.41) is 8.52. The molecule has 30 heavy (non-hydrogen) atoms. The van der Waals surface area contributed by atoms with Crippen LogP contribution in [0.2, 0.25) is 0 Å². The van der Waals surface area contributed by atoms with Crippen molar-refractivity contribution in [3.63, 3.8) is 0 Å². The highest BCUT2D eigenvalue weighted by molar-refractivity contribution is 14.0. The average Bonchev–Trinajstić information content (AvgIpc) is 2.72. The van der Waals surface area contributed by atoms with Crippen LogP contribution in [0.3, 0.4) is 0 Å². The SMILES string of the molecule is CN=C(NCCc1ccc(S(N)(=O)=O)cc1)N1CCC(Oc2ccccc2)CC1.I. The van der Waals surface area contributed by atoms with Gasteiger partial charge in [0.1, 0.15) is 11.9 Å². The molecule has 1 fully saturated rings. The van der Waals surface area contributed by atoms with Crippen molar-refractivity contribution >= 4 is 40.0 Å². The maximum absolute atomic E-state index is 11.3. The van der Waals surface area contributed by atoms with Crippen LogP contribution in [0.5, 0.6) is 5.75 Å². The highest BCUT2D eigenvalue weighted by atomic mass is 127. The van der Waals surface area contributed by atoms with Crippen LogP contribution >= 0.6 is 24.0 Å². The van der Waals surface area contributed by atoms with E-state index in [0.29, 0.717) is 6.54 Å². The zero-order valence-corrected chi connectivity index (χ0v) is 20.2. The molecule has 0 unspecified atom stereocenters. The number of para-hydroxylation sites is 1. The molecule has 0 saturated carbocycles. The standard InChI is InChI=1S/C21H28N4O3S.HI/c1-23-21(24-14-11-17-7-9-20(10-8-17)29(22,26)27)25-15-12-19(13-16-25)28-18-5-3-2-4-6-18;/h2-10,19H,11-16H2,1H3,(H,23,24)(H2,22,26,27);1H. The lowest BCUT2D eigenvalue weighted by atomic mass is 10.1. The first-order chi connectivity index (χ1) is 14.0. The number of nitrogens with zero attached hydrogens (tertiary/aromatic N) is 2. The lowest BCUT2D eigenvalue weighted by molar-refractivity contribution is 0.129. The number of primary sulfonamides is 1. The Balaban J connectivity index is 0.00000320. The van der Waals surface area contributed by atoms with E-state index in [2.05, 4.69) is 15.2 Å². The van der Waals surface area contributed by atoms with E-state index in [4.69, 9.17) is 9.88 Å². The molecule has 7 nitrogen and oxygen atoms in total. The maximum Gasteiger partial charge on any atom is 0.238 e. The number of hydrogen-bond acceptors (Lipinski definition) is 4. The molecular formula is C21H29IN4O3S. The van der Waals surface area contributed by atoms with Gasteiger partial charge in [0.2, 0.25) is 10.0 Å². The minimum absolute atomic E-state index is 0. The Morgan fingerprint density at radius 1 is 1.13 bits per heavy atom. The van der Waals surface area contributed by atoms with Gasteiger partial charge in [0.05, 0.1) is 4.90 Å². The molecule has 3 rings (SSSR count). The Morgan fingerprint density at radius 2 is 1.77 bits per heavy atom. The van der Waals surface area contributed by atoms with Crippen LogP contribution in [-0.2, 0) is 16.4 Å². The van der Waals surface area contributed by atoms with Gasteiger partial charge in [-0.05, 0) is 36.2 Å². The minimum atomic E-state index is -3.65. The molecule has 2 aromatic carbocycles. The van der Waals surface area contributed by atoms with Crippen molar-refractivity contribution in [2.75, 3.05) is 26.7 Å². The molecule has 1 aliphatic heterocycles. The van der Waals surface area contributed by atoms with Crippen LogP contribution < -0.4 is 15.2 Å². The van der Waals surface area contributed by atoms with E-state index in [1.807, 2.05) is 30.3 Å². The lowest BCUT2D eigenvalue weighted by Gasteiger charge is -2.34. The van der Waals surface area contributed by atoms with Crippen molar-refractivity contribution in [1.29, 1.82) is 0 Å². The second-order valence-electron chi connectivity index (χ2n) is 7.03. The van der Waals surface area contributed by atoms with Crippen LogP contribution in [-0.4, -0.2) is 52.1 Å². The van der Waals surface area contributed by atoms with Gasteiger partial charge in [0, 0.05) is 39.5 Å². The smallest absolute Gasteiger partial charge is 0.238 e. The normalized spacial score (nSPS) is 15.4. The summed E-state index contributed by atoms with van der Waals surface area (Å²) in [6, 6.07) is 16.6. The van der Waals surface area contributed by atoms with Crippen LogP contribution in [0.1, 0.15) is 18.4 Å². The van der Waals surface area contributed by atoms with Crippen LogP contribution in [0.4, 0.5) is 0 Å². The summed E-state index contributed by atoms with van der Waals surface area (Å²) in [5.41, 5.74) is 1.04. The highest BCUT2D eigenvalue weighted by Crippen LogP contribution is 2.18. The zero-order valence-electron chi connectivity index (χ0n) is 17.0. The van der Waals surface area contributed by atoms with E-state index < -0.39 is 10.0 Å². The molecule has 164 valence electrons. The Morgan fingerprint density at radius 3 is 2.33 bits per heavy atom. The number of guanidine groups is 1. The van der Waals surface area contributed by atoms with E-state index in [1.165, 1.54) is 12.1 Å². The fraction of sp³-hybridized carbons (Fsp3) is 0.381. The second kappa shape index (κ2) is 11.5. The van der Waals surface area contributed by atoms with Crippen molar-refractivity contribution in [2.45, 2.75) is 30.3 Å². The van der Waals surface area contributed by atoms with Crippen molar-refractivity contribution in [1.82, 2.24) is 10.2 Å². The summed E-state index contributed by atoms with van der Waals surface area (Å²) >= 11 is 0. The number of nitrogens with two attached hydrogens (primary N) is 1. The zero-order chi connectivity index (χ0) is 20.7. The number of benzene rings is 2. The Bertz CT molecular complexity index is 913. The number of ether oxygens (including phenoxy) is 1. The molecule has 0 radical (unpaired) electrons. The number of nitrogens with one attached hydrogen (secondary N) is 1. The molecule has 0 atom stereocenters. The Hall–Kier alpha value is -1.85. The molecule has 0 bridgehead atoms.